The topological polar surface area (TPSA) is 35.5 Å². The van der Waals surface area contributed by atoms with E-state index in [1.807, 2.05) is 6.92 Å². The second-order valence-corrected chi connectivity index (χ2v) is 3.53. The Balaban J connectivity index is 4.08. The van der Waals surface area contributed by atoms with Gasteiger partial charge in [0.1, 0.15) is 6.10 Å². The summed E-state index contributed by atoms with van der Waals surface area (Å²) < 4.78 is 9.28. The summed E-state index contributed by atoms with van der Waals surface area (Å²) in [7, 11) is 1.29. The fraction of sp³-hybridized carbons (Fsp3) is 0.615. The minimum absolute atomic E-state index is 0.312. The van der Waals surface area contributed by atoms with Gasteiger partial charge in [0.15, 0.2) is 0 Å². The quantitative estimate of drug-likeness (QED) is 0.417. The Labute approximate surface area is 97.8 Å². The summed E-state index contributed by atoms with van der Waals surface area (Å²) in [6.45, 7) is 5.81. The number of carbonyl (C=O) groups is 1. The van der Waals surface area contributed by atoms with Gasteiger partial charge in [0.2, 0.25) is 0 Å². The van der Waals surface area contributed by atoms with Crippen LogP contribution in [0, 0.1) is 11.8 Å². The van der Waals surface area contributed by atoms with E-state index in [9.17, 15) is 4.79 Å². The second-order valence-electron chi connectivity index (χ2n) is 3.53. The van der Waals surface area contributed by atoms with Crippen LogP contribution in [0.25, 0.3) is 0 Å². The summed E-state index contributed by atoms with van der Waals surface area (Å²) in [6.07, 6.45) is 4.00. The van der Waals surface area contributed by atoms with E-state index >= 15 is 0 Å². The normalized spacial score (nSPS) is 12.4. The molecular weight excluding hydrogens is 204 g/mol. The zero-order chi connectivity index (χ0) is 12.4. The Morgan fingerprint density at radius 2 is 2.19 bits per heavy atom. The molecule has 0 radical (unpaired) electrons. The number of unbranched alkanes of at least 4 members (excludes halogenated alkanes) is 2. The van der Waals surface area contributed by atoms with E-state index in [1.165, 1.54) is 7.11 Å². The highest BCUT2D eigenvalue weighted by Crippen LogP contribution is 2.01. The maximum atomic E-state index is 10.8. The molecule has 0 aromatic rings. The average molecular weight is 224 g/mol. The van der Waals surface area contributed by atoms with Crippen molar-refractivity contribution in [3.63, 3.8) is 0 Å². The van der Waals surface area contributed by atoms with Gasteiger partial charge in [-0.1, -0.05) is 25.2 Å². The van der Waals surface area contributed by atoms with Gasteiger partial charge in [0.05, 0.1) is 7.11 Å². The van der Waals surface area contributed by atoms with Crippen molar-refractivity contribution < 1.29 is 14.3 Å². The number of hydrogen-bond acceptors (Lipinski definition) is 3. The maximum absolute atomic E-state index is 10.8. The van der Waals surface area contributed by atoms with Crippen molar-refractivity contribution >= 4 is 6.16 Å². The van der Waals surface area contributed by atoms with Gasteiger partial charge in [-0.3, -0.25) is 0 Å². The first-order valence-corrected chi connectivity index (χ1v) is 5.52. The van der Waals surface area contributed by atoms with Crippen LogP contribution in [0.5, 0.6) is 0 Å². The largest absolute Gasteiger partial charge is 0.508 e. The molecule has 1 unspecified atom stereocenters. The molecule has 0 aliphatic carbocycles. The van der Waals surface area contributed by atoms with Crippen molar-refractivity contribution in [3.8, 4) is 11.8 Å². The van der Waals surface area contributed by atoms with Crippen molar-refractivity contribution in [1.82, 2.24) is 0 Å². The van der Waals surface area contributed by atoms with E-state index in [0.717, 1.165) is 24.8 Å². The lowest BCUT2D eigenvalue weighted by Gasteiger charge is -2.07. The molecule has 0 saturated heterocycles. The fourth-order valence-electron chi connectivity index (χ4n) is 1.09. The lowest BCUT2D eigenvalue weighted by molar-refractivity contribution is 0.0577. The third-order valence-corrected chi connectivity index (χ3v) is 1.87. The molecule has 0 aliphatic heterocycles. The third kappa shape index (κ3) is 7.93. The number of hydrogen-bond donors (Lipinski definition) is 0. The van der Waals surface area contributed by atoms with Crippen molar-refractivity contribution in [2.45, 2.75) is 46.1 Å². The van der Waals surface area contributed by atoms with Crippen molar-refractivity contribution in [1.29, 1.82) is 0 Å². The number of carbonyl (C=O) groups excluding carboxylic acids is 1. The molecule has 0 aromatic carbocycles. The molecule has 3 heteroatoms. The van der Waals surface area contributed by atoms with Crippen LogP contribution in [0.3, 0.4) is 0 Å². The predicted molar refractivity (Wildman–Crippen MR) is 64.0 cm³/mol. The van der Waals surface area contributed by atoms with E-state index in [4.69, 9.17) is 4.74 Å². The highest BCUT2D eigenvalue weighted by Gasteiger charge is 2.05. The number of methoxy groups -OCH3 is 1. The van der Waals surface area contributed by atoms with Gasteiger partial charge in [-0.05, 0) is 31.9 Å². The molecule has 1 atom stereocenters. The lowest BCUT2D eigenvalue weighted by atomic mass is 10.2. The first kappa shape index (κ1) is 14.6. The van der Waals surface area contributed by atoms with E-state index in [0.29, 0.717) is 0 Å². The van der Waals surface area contributed by atoms with Crippen LogP contribution in [0.4, 0.5) is 4.79 Å². The summed E-state index contributed by atoms with van der Waals surface area (Å²) in [4.78, 5) is 10.8. The van der Waals surface area contributed by atoms with Gasteiger partial charge in [-0.15, -0.1) is 0 Å². The van der Waals surface area contributed by atoms with Gasteiger partial charge in [0, 0.05) is 6.42 Å². The number of rotatable bonds is 4. The first-order chi connectivity index (χ1) is 7.60. The highest BCUT2D eigenvalue weighted by molar-refractivity contribution is 5.60. The molecule has 0 fully saturated rings. The Morgan fingerprint density at radius 3 is 2.75 bits per heavy atom. The van der Waals surface area contributed by atoms with Crippen molar-refractivity contribution in [3.05, 3.63) is 11.6 Å². The Bertz CT molecular complexity index is 294. The van der Waals surface area contributed by atoms with Crippen LogP contribution < -0.4 is 0 Å². The Hall–Kier alpha value is -1.43. The zero-order valence-electron chi connectivity index (χ0n) is 10.5. The molecule has 0 bridgehead atoms. The molecule has 16 heavy (non-hydrogen) atoms. The summed E-state index contributed by atoms with van der Waals surface area (Å²) in [6, 6.07) is 0. The van der Waals surface area contributed by atoms with E-state index in [2.05, 4.69) is 23.5 Å². The molecule has 0 saturated carbocycles. The molecule has 0 spiro atoms. The van der Waals surface area contributed by atoms with Crippen LogP contribution >= 0.6 is 0 Å². The van der Waals surface area contributed by atoms with Crippen LogP contribution in [-0.2, 0) is 9.47 Å². The molecule has 0 aromatic heterocycles. The molecule has 0 amide bonds. The number of allylic oxidation sites excluding steroid dienone is 1. The Kier molecular flexibility index (Phi) is 8.05. The SMILES string of the molecule is CCCCC#C/C(C)=C/C(C)OC(=O)OC. The van der Waals surface area contributed by atoms with Crippen molar-refractivity contribution in [2.24, 2.45) is 0 Å². The smallest absolute Gasteiger partial charge is 0.438 e. The van der Waals surface area contributed by atoms with Crippen LogP contribution in [0.2, 0.25) is 0 Å². The molecule has 0 N–H and O–H groups in total. The van der Waals surface area contributed by atoms with Gasteiger partial charge in [-0.25, -0.2) is 4.79 Å². The molecular formula is C13H20O3. The minimum atomic E-state index is -0.671. The Morgan fingerprint density at radius 1 is 1.50 bits per heavy atom. The van der Waals surface area contributed by atoms with E-state index in [-0.39, 0.29) is 6.10 Å². The third-order valence-electron chi connectivity index (χ3n) is 1.87. The molecule has 3 nitrogen and oxygen atoms in total. The molecule has 0 heterocycles. The summed E-state index contributed by atoms with van der Waals surface area (Å²) in [5.41, 5.74) is 0.910. The van der Waals surface area contributed by atoms with E-state index in [1.54, 1.807) is 13.0 Å². The average Bonchev–Trinajstić information content (AvgIpc) is 2.24. The molecule has 0 rings (SSSR count). The fourth-order valence-corrected chi connectivity index (χ4v) is 1.09. The van der Waals surface area contributed by atoms with Gasteiger partial charge >= 0.3 is 6.16 Å². The maximum Gasteiger partial charge on any atom is 0.508 e. The summed E-state index contributed by atoms with van der Waals surface area (Å²) in [5.74, 6) is 6.09. The highest BCUT2D eigenvalue weighted by atomic mass is 16.7. The summed E-state index contributed by atoms with van der Waals surface area (Å²) in [5, 5.41) is 0. The zero-order valence-corrected chi connectivity index (χ0v) is 10.5. The monoisotopic (exact) mass is 224 g/mol. The van der Waals surface area contributed by atoms with Gasteiger partial charge < -0.3 is 9.47 Å². The van der Waals surface area contributed by atoms with Crippen LogP contribution in [0.1, 0.15) is 40.0 Å². The van der Waals surface area contributed by atoms with Crippen molar-refractivity contribution in [2.75, 3.05) is 7.11 Å². The lowest BCUT2D eigenvalue weighted by Crippen LogP contribution is -2.12. The van der Waals surface area contributed by atoms with E-state index < -0.39 is 6.16 Å². The summed E-state index contributed by atoms with van der Waals surface area (Å²) >= 11 is 0. The van der Waals surface area contributed by atoms with Crippen LogP contribution in [0.15, 0.2) is 11.6 Å². The van der Waals surface area contributed by atoms with Gasteiger partial charge in [-0.2, -0.15) is 0 Å². The predicted octanol–water partition coefficient (Wildman–Crippen LogP) is 3.30. The minimum Gasteiger partial charge on any atom is -0.438 e. The molecule has 90 valence electrons. The molecule has 0 aliphatic rings. The van der Waals surface area contributed by atoms with Gasteiger partial charge in [0.25, 0.3) is 0 Å². The second kappa shape index (κ2) is 8.84. The number of ether oxygens (including phenoxy) is 2. The van der Waals surface area contributed by atoms with Crippen LogP contribution in [-0.4, -0.2) is 19.4 Å². The standard InChI is InChI=1S/C13H20O3/c1-5-6-7-8-9-11(2)10-12(3)16-13(14)15-4/h10,12H,5-7H2,1-4H3/b11-10+. The first-order valence-electron chi connectivity index (χ1n) is 5.52.